The number of rotatable bonds is 2. The SMILES string of the molecule is CC(Br)C(=O)c1c2ccccc2cc2ccccc12. The lowest BCUT2D eigenvalue weighted by atomic mass is 9.93. The second-order valence-electron chi connectivity index (χ2n) is 4.67. The monoisotopic (exact) mass is 312 g/mol. The van der Waals surface area contributed by atoms with Crippen LogP contribution in [0.4, 0.5) is 0 Å². The van der Waals surface area contributed by atoms with Crippen molar-refractivity contribution in [2.45, 2.75) is 11.8 Å². The van der Waals surface area contributed by atoms with Crippen LogP contribution in [0.25, 0.3) is 21.5 Å². The Hall–Kier alpha value is -1.67. The molecule has 94 valence electrons. The Morgan fingerprint density at radius 1 is 0.947 bits per heavy atom. The number of carbonyl (C=O) groups is 1. The Balaban J connectivity index is 2.50. The molecule has 3 aromatic carbocycles. The number of carbonyl (C=O) groups excluding carboxylic acids is 1. The Morgan fingerprint density at radius 3 is 1.89 bits per heavy atom. The number of hydrogen-bond donors (Lipinski definition) is 0. The molecule has 1 nitrogen and oxygen atoms in total. The van der Waals surface area contributed by atoms with E-state index < -0.39 is 0 Å². The van der Waals surface area contributed by atoms with Crippen LogP contribution in [-0.4, -0.2) is 10.6 Å². The first-order chi connectivity index (χ1) is 9.18. The lowest BCUT2D eigenvalue weighted by Gasteiger charge is -2.11. The smallest absolute Gasteiger partial charge is 0.177 e. The van der Waals surface area contributed by atoms with Gasteiger partial charge in [-0.1, -0.05) is 64.5 Å². The molecule has 2 heteroatoms. The van der Waals surface area contributed by atoms with Crippen LogP contribution in [0.2, 0.25) is 0 Å². The van der Waals surface area contributed by atoms with E-state index in [9.17, 15) is 4.79 Å². The van der Waals surface area contributed by atoms with Crippen LogP contribution < -0.4 is 0 Å². The van der Waals surface area contributed by atoms with Gasteiger partial charge in [0.25, 0.3) is 0 Å². The van der Waals surface area contributed by atoms with Crippen LogP contribution in [0.15, 0.2) is 54.6 Å². The average Bonchev–Trinajstić information content (AvgIpc) is 2.43. The van der Waals surface area contributed by atoms with Crippen molar-refractivity contribution in [3.8, 4) is 0 Å². The first-order valence-corrected chi connectivity index (χ1v) is 7.19. The third-order valence-corrected chi connectivity index (χ3v) is 3.79. The molecule has 0 heterocycles. The number of halogens is 1. The molecule has 1 unspecified atom stereocenters. The molecular weight excluding hydrogens is 300 g/mol. The summed E-state index contributed by atoms with van der Waals surface area (Å²) in [4.78, 5) is 12.3. The fourth-order valence-electron chi connectivity index (χ4n) is 2.48. The van der Waals surface area contributed by atoms with Crippen molar-refractivity contribution in [3.63, 3.8) is 0 Å². The minimum Gasteiger partial charge on any atom is -0.293 e. The third-order valence-electron chi connectivity index (χ3n) is 3.38. The second kappa shape index (κ2) is 4.78. The quantitative estimate of drug-likeness (QED) is 0.371. The predicted octanol–water partition coefficient (Wildman–Crippen LogP) is 4.96. The van der Waals surface area contributed by atoms with Gasteiger partial charge in [-0.25, -0.2) is 0 Å². The molecule has 0 spiro atoms. The van der Waals surface area contributed by atoms with Crippen molar-refractivity contribution in [1.29, 1.82) is 0 Å². The van der Waals surface area contributed by atoms with Gasteiger partial charge < -0.3 is 0 Å². The summed E-state index contributed by atoms with van der Waals surface area (Å²) in [6.45, 7) is 1.87. The summed E-state index contributed by atoms with van der Waals surface area (Å²) in [5.41, 5.74) is 0.818. The van der Waals surface area contributed by atoms with Crippen molar-refractivity contribution < 1.29 is 4.79 Å². The van der Waals surface area contributed by atoms with Gasteiger partial charge in [-0.05, 0) is 34.5 Å². The predicted molar refractivity (Wildman–Crippen MR) is 84.2 cm³/mol. The molecule has 3 rings (SSSR count). The van der Waals surface area contributed by atoms with E-state index in [0.29, 0.717) is 0 Å². The van der Waals surface area contributed by atoms with E-state index >= 15 is 0 Å². The number of alkyl halides is 1. The Morgan fingerprint density at radius 2 is 1.42 bits per heavy atom. The zero-order valence-corrected chi connectivity index (χ0v) is 12.1. The van der Waals surface area contributed by atoms with E-state index in [1.807, 2.05) is 43.3 Å². The van der Waals surface area contributed by atoms with Gasteiger partial charge in [0.15, 0.2) is 5.78 Å². The number of hydrogen-bond acceptors (Lipinski definition) is 1. The van der Waals surface area contributed by atoms with Crippen LogP contribution >= 0.6 is 15.9 Å². The maximum Gasteiger partial charge on any atom is 0.177 e. The van der Waals surface area contributed by atoms with Crippen molar-refractivity contribution >= 4 is 43.3 Å². The Labute approximate surface area is 120 Å². The van der Waals surface area contributed by atoms with Gasteiger partial charge in [-0.3, -0.25) is 4.79 Å². The molecule has 0 bridgehead atoms. The zero-order chi connectivity index (χ0) is 13.4. The molecule has 0 saturated carbocycles. The summed E-state index contributed by atoms with van der Waals surface area (Å²) in [5, 5.41) is 4.27. The lowest BCUT2D eigenvalue weighted by Crippen LogP contribution is -2.11. The van der Waals surface area contributed by atoms with E-state index in [0.717, 1.165) is 27.1 Å². The summed E-state index contributed by atoms with van der Waals surface area (Å²) < 4.78 is 0. The minimum absolute atomic E-state index is 0.132. The first-order valence-electron chi connectivity index (χ1n) is 6.27. The summed E-state index contributed by atoms with van der Waals surface area (Å²) in [7, 11) is 0. The topological polar surface area (TPSA) is 17.1 Å². The first kappa shape index (κ1) is 12.4. The highest BCUT2D eigenvalue weighted by molar-refractivity contribution is 9.10. The number of benzene rings is 3. The van der Waals surface area contributed by atoms with E-state index in [1.165, 1.54) is 0 Å². The maximum absolute atomic E-state index is 12.5. The molecule has 0 aliphatic rings. The average molecular weight is 313 g/mol. The van der Waals surface area contributed by atoms with E-state index in [4.69, 9.17) is 0 Å². The van der Waals surface area contributed by atoms with Crippen molar-refractivity contribution in [2.75, 3.05) is 0 Å². The largest absolute Gasteiger partial charge is 0.293 e. The number of ketones is 1. The van der Waals surface area contributed by atoms with Crippen LogP contribution in [0.3, 0.4) is 0 Å². The van der Waals surface area contributed by atoms with Crippen molar-refractivity contribution in [3.05, 3.63) is 60.2 Å². The summed E-state index contributed by atoms with van der Waals surface area (Å²) >= 11 is 3.40. The van der Waals surface area contributed by atoms with Gasteiger partial charge in [-0.2, -0.15) is 0 Å². The summed E-state index contributed by atoms with van der Waals surface area (Å²) in [5.74, 6) is 0.132. The fraction of sp³-hybridized carbons (Fsp3) is 0.118. The molecule has 0 aromatic heterocycles. The fourth-order valence-corrected chi connectivity index (χ4v) is 2.71. The summed E-state index contributed by atoms with van der Waals surface area (Å²) in [6, 6.07) is 18.2. The van der Waals surface area contributed by atoms with Gasteiger partial charge in [0.05, 0.1) is 4.83 Å². The maximum atomic E-state index is 12.5. The van der Waals surface area contributed by atoms with Crippen molar-refractivity contribution in [2.24, 2.45) is 0 Å². The molecule has 0 aliphatic heterocycles. The van der Waals surface area contributed by atoms with Crippen LogP contribution in [0.1, 0.15) is 17.3 Å². The van der Waals surface area contributed by atoms with Crippen LogP contribution in [0.5, 0.6) is 0 Å². The number of Topliss-reactive ketones (excluding diaryl/α,β-unsaturated/α-hetero) is 1. The second-order valence-corrected chi connectivity index (χ2v) is 6.05. The van der Waals surface area contributed by atoms with E-state index in [-0.39, 0.29) is 10.6 Å². The van der Waals surface area contributed by atoms with Crippen LogP contribution in [-0.2, 0) is 0 Å². The van der Waals surface area contributed by atoms with Crippen LogP contribution in [0, 0.1) is 0 Å². The van der Waals surface area contributed by atoms with E-state index in [1.54, 1.807) is 0 Å². The molecule has 0 aliphatic carbocycles. The molecule has 0 radical (unpaired) electrons. The normalized spacial score (nSPS) is 12.7. The molecule has 0 N–H and O–H groups in total. The molecule has 0 saturated heterocycles. The van der Waals surface area contributed by atoms with Crippen molar-refractivity contribution in [1.82, 2.24) is 0 Å². The van der Waals surface area contributed by atoms with E-state index in [2.05, 4.69) is 34.1 Å². The van der Waals surface area contributed by atoms with Gasteiger partial charge in [-0.15, -0.1) is 0 Å². The standard InChI is InChI=1S/C17H13BrO/c1-11(18)17(19)16-14-8-4-2-6-12(14)10-13-7-3-5-9-15(13)16/h2-11H,1H3. The Kier molecular flexibility index (Phi) is 3.11. The highest BCUT2D eigenvalue weighted by Crippen LogP contribution is 2.30. The third kappa shape index (κ3) is 2.06. The van der Waals surface area contributed by atoms with Gasteiger partial charge in [0.1, 0.15) is 0 Å². The van der Waals surface area contributed by atoms with Gasteiger partial charge >= 0.3 is 0 Å². The Bertz CT molecular complexity index is 720. The highest BCUT2D eigenvalue weighted by Gasteiger charge is 2.18. The van der Waals surface area contributed by atoms with Gasteiger partial charge in [0, 0.05) is 5.56 Å². The summed E-state index contributed by atoms with van der Waals surface area (Å²) in [6.07, 6.45) is 0. The molecular formula is C17H13BrO. The van der Waals surface area contributed by atoms with Gasteiger partial charge in [0.2, 0.25) is 0 Å². The molecule has 0 amide bonds. The zero-order valence-electron chi connectivity index (χ0n) is 10.6. The molecule has 0 fully saturated rings. The number of fused-ring (bicyclic) bond motifs is 2. The minimum atomic E-state index is -0.179. The highest BCUT2D eigenvalue weighted by atomic mass is 79.9. The molecule has 1 atom stereocenters. The lowest BCUT2D eigenvalue weighted by molar-refractivity contribution is 0.0999. The molecule has 3 aromatic rings. The molecule has 19 heavy (non-hydrogen) atoms.